The summed E-state index contributed by atoms with van der Waals surface area (Å²) in [6.07, 6.45) is 0. The first kappa shape index (κ1) is 14.9. The highest BCUT2D eigenvalue weighted by Gasteiger charge is 2.16. The molecule has 0 amide bonds. The normalized spacial score (nSPS) is 11.4. The van der Waals surface area contributed by atoms with E-state index < -0.39 is 10.0 Å². The van der Waals surface area contributed by atoms with Crippen molar-refractivity contribution in [3.63, 3.8) is 0 Å². The fraction of sp³-hybridized carbons (Fsp3) is 0.200. The summed E-state index contributed by atoms with van der Waals surface area (Å²) >= 11 is 5.77. The molecule has 0 aliphatic carbocycles. The van der Waals surface area contributed by atoms with Crippen LogP contribution in [0, 0.1) is 20.8 Å². The number of anilines is 1. The summed E-state index contributed by atoms with van der Waals surface area (Å²) in [7, 11) is -3.60. The molecule has 2 aromatic rings. The summed E-state index contributed by atoms with van der Waals surface area (Å²) in [5, 5.41) is 0.506. The minimum Gasteiger partial charge on any atom is -0.279 e. The lowest BCUT2D eigenvalue weighted by molar-refractivity contribution is 0.601. The van der Waals surface area contributed by atoms with Crippen LogP contribution in [0.15, 0.2) is 41.3 Å². The van der Waals surface area contributed by atoms with Gasteiger partial charge in [-0.05, 0) is 56.2 Å². The number of hydrogen-bond donors (Lipinski definition) is 1. The second kappa shape index (κ2) is 5.46. The standard InChI is InChI=1S/C15H16ClNO2S/c1-10-8-11(2)15(12(3)9-10)17-20(18,19)14-6-4-13(16)5-7-14/h4-9,17H,1-3H3. The SMILES string of the molecule is Cc1cc(C)c(NS(=O)(=O)c2ccc(Cl)cc2)c(C)c1. The molecule has 3 nitrogen and oxygen atoms in total. The molecule has 2 rings (SSSR count). The van der Waals surface area contributed by atoms with Crippen molar-refractivity contribution < 1.29 is 8.42 Å². The number of benzene rings is 2. The van der Waals surface area contributed by atoms with Crippen LogP contribution in [-0.4, -0.2) is 8.42 Å². The highest BCUT2D eigenvalue weighted by molar-refractivity contribution is 7.92. The molecule has 0 aromatic heterocycles. The van der Waals surface area contributed by atoms with Gasteiger partial charge >= 0.3 is 0 Å². The van der Waals surface area contributed by atoms with Crippen LogP contribution >= 0.6 is 11.6 Å². The van der Waals surface area contributed by atoms with Crippen LogP contribution < -0.4 is 4.72 Å². The van der Waals surface area contributed by atoms with Gasteiger partial charge in [-0.1, -0.05) is 29.3 Å². The predicted molar refractivity (Wildman–Crippen MR) is 82.9 cm³/mol. The zero-order chi connectivity index (χ0) is 14.9. The lowest BCUT2D eigenvalue weighted by Gasteiger charge is -2.14. The Morgan fingerprint density at radius 3 is 1.95 bits per heavy atom. The minimum atomic E-state index is -3.60. The van der Waals surface area contributed by atoms with Crippen molar-refractivity contribution in [2.24, 2.45) is 0 Å². The van der Waals surface area contributed by atoms with Gasteiger partial charge < -0.3 is 0 Å². The van der Waals surface area contributed by atoms with E-state index in [2.05, 4.69) is 4.72 Å². The molecule has 2 aromatic carbocycles. The fourth-order valence-electron chi connectivity index (χ4n) is 2.15. The Labute approximate surface area is 124 Å². The molecule has 0 bridgehead atoms. The van der Waals surface area contributed by atoms with Gasteiger partial charge in [0.05, 0.1) is 10.6 Å². The summed E-state index contributed by atoms with van der Waals surface area (Å²) in [4.78, 5) is 0.196. The molecular formula is C15H16ClNO2S. The Bertz CT molecular complexity index is 714. The zero-order valence-electron chi connectivity index (χ0n) is 11.6. The van der Waals surface area contributed by atoms with Gasteiger partial charge in [0.1, 0.15) is 0 Å². The van der Waals surface area contributed by atoms with Crippen LogP contribution in [-0.2, 0) is 10.0 Å². The Morgan fingerprint density at radius 2 is 1.45 bits per heavy atom. The van der Waals surface area contributed by atoms with Crippen molar-refractivity contribution in [2.75, 3.05) is 4.72 Å². The maximum atomic E-state index is 12.3. The quantitative estimate of drug-likeness (QED) is 0.929. The van der Waals surface area contributed by atoms with Crippen molar-refractivity contribution in [1.82, 2.24) is 0 Å². The van der Waals surface area contributed by atoms with Crippen LogP contribution in [0.1, 0.15) is 16.7 Å². The Kier molecular flexibility index (Phi) is 4.06. The first-order valence-corrected chi connectivity index (χ1v) is 8.02. The summed E-state index contributed by atoms with van der Waals surface area (Å²) in [5.74, 6) is 0. The number of aryl methyl sites for hydroxylation is 3. The van der Waals surface area contributed by atoms with E-state index in [0.29, 0.717) is 10.7 Å². The second-order valence-electron chi connectivity index (χ2n) is 4.83. The smallest absolute Gasteiger partial charge is 0.261 e. The average Bonchev–Trinajstić information content (AvgIpc) is 2.34. The van der Waals surface area contributed by atoms with Gasteiger partial charge in [0.25, 0.3) is 10.0 Å². The largest absolute Gasteiger partial charge is 0.279 e. The third-order valence-electron chi connectivity index (χ3n) is 3.04. The van der Waals surface area contributed by atoms with Crippen molar-refractivity contribution in [2.45, 2.75) is 25.7 Å². The van der Waals surface area contributed by atoms with Crippen LogP contribution in [0.4, 0.5) is 5.69 Å². The lowest BCUT2D eigenvalue weighted by Crippen LogP contribution is -2.14. The lowest BCUT2D eigenvalue weighted by atomic mass is 10.1. The topological polar surface area (TPSA) is 46.2 Å². The molecule has 1 N–H and O–H groups in total. The molecule has 0 radical (unpaired) electrons. The van der Waals surface area contributed by atoms with Crippen molar-refractivity contribution in [1.29, 1.82) is 0 Å². The summed E-state index contributed by atoms with van der Waals surface area (Å²) in [6.45, 7) is 5.76. The molecule has 0 fully saturated rings. The number of rotatable bonds is 3. The molecule has 5 heteroatoms. The molecule has 0 aliphatic heterocycles. The number of halogens is 1. The van der Waals surface area contributed by atoms with E-state index in [4.69, 9.17) is 11.6 Å². The molecule has 20 heavy (non-hydrogen) atoms. The Balaban J connectivity index is 2.41. The van der Waals surface area contributed by atoms with Gasteiger partial charge in [-0.2, -0.15) is 0 Å². The highest BCUT2D eigenvalue weighted by Crippen LogP contribution is 2.25. The first-order chi connectivity index (χ1) is 9.29. The van der Waals surface area contributed by atoms with Crippen molar-refractivity contribution in [3.8, 4) is 0 Å². The monoisotopic (exact) mass is 309 g/mol. The molecule has 0 saturated carbocycles. The molecule has 0 saturated heterocycles. The van der Waals surface area contributed by atoms with Gasteiger partial charge in [-0.3, -0.25) is 4.72 Å². The van der Waals surface area contributed by atoms with E-state index >= 15 is 0 Å². The van der Waals surface area contributed by atoms with E-state index in [-0.39, 0.29) is 4.90 Å². The van der Waals surface area contributed by atoms with Gasteiger partial charge in [0, 0.05) is 5.02 Å². The molecular weight excluding hydrogens is 294 g/mol. The maximum absolute atomic E-state index is 12.3. The number of sulfonamides is 1. The van der Waals surface area contributed by atoms with Gasteiger partial charge in [0.15, 0.2) is 0 Å². The average molecular weight is 310 g/mol. The van der Waals surface area contributed by atoms with Gasteiger partial charge in [-0.25, -0.2) is 8.42 Å². The predicted octanol–water partition coefficient (Wildman–Crippen LogP) is 4.07. The molecule has 0 aliphatic rings. The fourth-order valence-corrected chi connectivity index (χ4v) is 3.48. The van der Waals surface area contributed by atoms with Gasteiger partial charge in [-0.15, -0.1) is 0 Å². The summed E-state index contributed by atoms with van der Waals surface area (Å²) < 4.78 is 27.3. The Hall–Kier alpha value is -1.52. The molecule has 0 spiro atoms. The van der Waals surface area contributed by atoms with E-state index in [9.17, 15) is 8.42 Å². The molecule has 0 heterocycles. The number of nitrogens with one attached hydrogen (secondary N) is 1. The summed E-state index contributed by atoms with van der Waals surface area (Å²) in [5.41, 5.74) is 3.54. The van der Waals surface area contributed by atoms with Crippen LogP contribution in [0.2, 0.25) is 5.02 Å². The van der Waals surface area contributed by atoms with Crippen LogP contribution in [0.25, 0.3) is 0 Å². The van der Waals surface area contributed by atoms with Crippen molar-refractivity contribution in [3.05, 3.63) is 58.1 Å². The minimum absolute atomic E-state index is 0.196. The van der Waals surface area contributed by atoms with E-state index in [1.165, 1.54) is 12.1 Å². The summed E-state index contributed by atoms with van der Waals surface area (Å²) in [6, 6.07) is 10.0. The van der Waals surface area contributed by atoms with Crippen LogP contribution in [0.3, 0.4) is 0 Å². The van der Waals surface area contributed by atoms with E-state index in [1.807, 2.05) is 32.9 Å². The highest BCUT2D eigenvalue weighted by atomic mass is 35.5. The van der Waals surface area contributed by atoms with Crippen LogP contribution in [0.5, 0.6) is 0 Å². The first-order valence-electron chi connectivity index (χ1n) is 6.16. The van der Waals surface area contributed by atoms with E-state index in [1.54, 1.807) is 12.1 Å². The second-order valence-corrected chi connectivity index (χ2v) is 6.95. The third-order valence-corrected chi connectivity index (χ3v) is 4.65. The third kappa shape index (κ3) is 3.14. The molecule has 106 valence electrons. The van der Waals surface area contributed by atoms with Crippen molar-refractivity contribution >= 4 is 27.3 Å². The maximum Gasteiger partial charge on any atom is 0.261 e. The Morgan fingerprint density at radius 1 is 0.950 bits per heavy atom. The zero-order valence-corrected chi connectivity index (χ0v) is 13.1. The van der Waals surface area contributed by atoms with E-state index in [0.717, 1.165) is 16.7 Å². The molecule has 0 unspecified atom stereocenters. The van der Waals surface area contributed by atoms with Gasteiger partial charge in [0.2, 0.25) is 0 Å². The molecule has 0 atom stereocenters. The number of hydrogen-bond acceptors (Lipinski definition) is 2.